The zero-order valence-electron chi connectivity index (χ0n) is 17.4. The van der Waals surface area contributed by atoms with Crippen LogP contribution in [-0.2, 0) is 17.5 Å². The zero-order valence-corrected chi connectivity index (χ0v) is 17.4. The van der Waals surface area contributed by atoms with E-state index in [1.165, 1.54) is 0 Å². The number of ether oxygens (including phenoxy) is 1. The highest BCUT2D eigenvalue weighted by molar-refractivity contribution is 5.96. The number of carbonyl (C=O) groups excluding carboxylic acids is 1. The van der Waals surface area contributed by atoms with Gasteiger partial charge in [-0.2, -0.15) is 13.2 Å². The van der Waals surface area contributed by atoms with E-state index >= 15 is 0 Å². The van der Waals surface area contributed by atoms with Gasteiger partial charge in [-0.25, -0.2) is 0 Å². The number of pyridine rings is 1. The molecule has 1 aromatic carbocycles. The van der Waals surface area contributed by atoms with E-state index in [1.54, 1.807) is 15.5 Å². The van der Waals surface area contributed by atoms with Gasteiger partial charge >= 0.3 is 6.18 Å². The Morgan fingerprint density at radius 2 is 1.97 bits per heavy atom. The second-order valence-electron chi connectivity index (χ2n) is 8.09. The molecule has 1 amide bonds. The van der Waals surface area contributed by atoms with Crippen LogP contribution in [0, 0.1) is 13.8 Å². The Kier molecular flexibility index (Phi) is 4.77. The third-order valence-corrected chi connectivity index (χ3v) is 6.17. The summed E-state index contributed by atoms with van der Waals surface area (Å²) in [5.74, 6) is 0.619. The van der Waals surface area contributed by atoms with Crippen LogP contribution in [-0.4, -0.2) is 49.8 Å². The zero-order chi connectivity index (χ0) is 22.6. The fraction of sp³-hybridized carbons (Fsp3) is 0.364. The summed E-state index contributed by atoms with van der Waals surface area (Å²) in [6.45, 7) is 4.74. The van der Waals surface area contributed by atoms with Gasteiger partial charge in [-0.1, -0.05) is 12.1 Å². The largest absolute Gasteiger partial charge is 0.416 e. The number of hydrogen-bond donors (Lipinski definition) is 0. The summed E-state index contributed by atoms with van der Waals surface area (Å²) in [5.41, 5.74) is 1.85. The first-order valence-electron chi connectivity index (χ1n) is 10.2. The van der Waals surface area contributed by atoms with Crippen LogP contribution in [0.4, 0.5) is 13.2 Å². The first-order valence-corrected chi connectivity index (χ1v) is 10.2. The molecular formula is C22H20F3N5O2. The lowest BCUT2D eigenvalue weighted by Gasteiger charge is -2.45. The van der Waals surface area contributed by atoms with E-state index in [2.05, 4.69) is 15.2 Å². The number of hydrogen-bond acceptors (Lipinski definition) is 5. The monoisotopic (exact) mass is 443 g/mol. The topological polar surface area (TPSA) is 73.1 Å². The third kappa shape index (κ3) is 3.26. The van der Waals surface area contributed by atoms with Gasteiger partial charge in [0.05, 0.1) is 24.8 Å². The standard InChI is InChI=1S/C22H20F3N5O2/c1-12-4-3-5-16(13(12)2)21(31)30-15-9-29-19(27-28-20(29)18(30)11-32-10-15)17-8-14(6-7-26-17)22(23,24)25/h3-8,15,18H,9-11H2,1-2H3/t15-,18-/m1/s1. The van der Waals surface area contributed by atoms with E-state index in [0.717, 1.165) is 29.5 Å². The molecule has 1 fully saturated rings. The molecular weight excluding hydrogens is 423 g/mol. The van der Waals surface area contributed by atoms with E-state index in [-0.39, 0.29) is 30.1 Å². The minimum absolute atomic E-state index is 0.0897. The Labute approximate surface area is 181 Å². The molecule has 2 atom stereocenters. The number of carbonyl (C=O) groups is 1. The van der Waals surface area contributed by atoms with E-state index in [0.29, 0.717) is 24.5 Å². The molecule has 0 radical (unpaired) electrons. The summed E-state index contributed by atoms with van der Waals surface area (Å²) in [5, 5.41) is 8.37. The van der Waals surface area contributed by atoms with Crippen molar-refractivity contribution in [1.29, 1.82) is 0 Å². The number of aromatic nitrogens is 4. The number of rotatable bonds is 2. The van der Waals surface area contributed by atoms with Crippen LogP contribution in [0.3, 0.4) is 0 Å². The quantitative estimate of drug-likeness (QED) is 0.606. The smallest absolute Gasteiger partial charge is 0.377 e. The number of halogens is 3. The molecule has 2 bridgehead atoms. The van der Waals surface area contributed by atoms with Gasteiger partial charge < -0.3 is 14.2 Å². The maximum atomic E-state index is 13.5. The maximum Gasteiger partial charge on any atom is 0.416 e. The van der Waals surface area contributed by atoms with Crippen molar-refractivity contribution in [2.45, 2.75) is 38.7 Å². The van der Waals surface area contributed by atoms with Crippen LogP contribution in [0.25, 0.3) is 11.5 Å². The van der Waals surface area contributed by atoms with Crippen LogP contribution < -0.4 is 0 Å². The highest BCUT2D eigenvalue weighted by Gasteiger charge is 2.44. The molecule has 7 nitrogen and oxygen atoms in total. The van der Waals surface area contributed by atoms with Gasteiger partial charge in [-0.3, -0.25) is 9.78 Å². The van der Waals surface area contributed by atoms with Crippen molar-refractivity contribution in [3.63, 3.8) is 0 Å². The first kappa shape index (κ1) is 20.6. The van der Waals surface area contributed by atoms with Crippen LogP contribution >= 0.6 is 0 Å². The van der Waals surface area contributed by atoms with Crippen molar-refractivity contribution in [3.8, 4) is 11.5 Å². The number of nitrogens with zero attached hydrogens (tertiary/aromatic N) is 5. The van der Waals surface area contributed by atoms with Crippen LogP contribution in [0.15, 0.2) is 36.5 Å². The van der Waals surface area contributed by atoms with E-state index in [4.69, 9.17) is 4.74 Å². The summed E-state index contributed by atoms with van der Waals surface area (Å²) in [6, 6.07) is 6.72. The minimum Gasteiger partial charge on any atom is -0.377 e. The number of fused-ring (bicyclic) bond motifs is 4. The lowest BCUT2D eigenvalue weighted by molar-refractivity contribution is -0.137. The summed E-state index contributed by atoms with van der Waals surface area (Å²) in [4.78, 5) is 19.4. The van der Waals surface area contributed by atoms with Crippen LogP contribution in [0.5, 0.6) is 0 Å². The van der Waals surface area contributed by atoms with Crippen LogP contribution in [0.2, 0.25) is 0 Å². The number of benzene rings is 1. The van der Waals surface area contributed by atoms with E-state index in [1.807, 2.05) is 26.0 Å². The Hall–Kier alpha value is -3.27. The molecule has 5 rings (SSSR count). The average molecular weight is 443 g/mol. The second kappa shape index (κ2) is 7.40. The van der Waals surface area contributed by atoms with Crippen molar-refractivity contribution < 1.29 is 22.7 Å². The minimum atomic E-state index is -4.48. The van der Waals surface area contributed by atoms with Crippen molar-refractivity contribution in [2.75, 3.05) is 13.2 Å². The summed E-state index contributed by atoms with van der Waals surface area (Å²) in [6.07, 6.45) is -3.37. The molecule has 0 spiro atoms. The average Bonchev–Trinajstić information content (AvgIpc) is 3.18. The molecule has 32 heavy (non-hydrogen) atoms. The van der Waals surface area contributed by atoms with Crippen molar-refractivity contribution in [3.05, 3.63) is 64.6 Å². The van der Waals surface area contributed by atoms with Gasteiger partial charge in [-0.15, -0.1) is 10.2 Å². The van der Waals surface area contributed by atoms with Crippen molar-refractivity contribution in [1.82, 2.24) is 24.6 Å². The van der Waals surface area contributed by atoms with Gasteiger partial charge in [0.1, 0.15) is 11.7 Å². The molecule has 2 aliphatic heterocycles. The summed E-state index contributed by atoms with van der Waals surface area (Å²) >= 11 is 0. The molecule has 0 aliphatic carbocycles. The Bertz CT molecular complexity index is 1210. The SMILES string of the molecule is Cc1cccc(C(=O)N2[C@H]3COC[C@@H]2c2nnc(-c4cc(C(F)(F)F)ccn4)n2C3)c1C. The Morgan fingerprint density at radius 3 is 2.75 bits per heavy atom. The molecule has 3 aromatic rings. The fourth-order valence-electron chi connectivity index (χ4n) is 4.37. The maximum absolute atomic E-state index is 13.5. The van der Waals surface area contributed by atoms with Crippen molar-refractivity contribution in [2.24, 2.45) is 0 Å². The molecule has 0 N–H and O–H groups in total. The highest BCUT2D eigenvalue weighted by Crippen LogP contribution is 2.37. The van der Waals surface area contributed by atoms with Gasteiger partial charge in [0.15, 0.2) is 11.6 Å². The normalized spacial score (nSPS) is 20.2. The lowest BCUT2D eigenvalue weighted by atomic mass is 9.98. The highest BCUT2D eigenvalue weighted by atomic mass is 19.4. The Balaban J connectivity index is 1.54. The first-order chi connectivity index (χ1) is 15.3. The summed E-state index contributed by atoms with van der Waals surface area (Å²) < 4.78 is 47.0. The molecule has 166 valence electrons. The molecule has 0 saturated carbocycles. The van der Waals surface area contributed by atoms with Gasteiger partial charge in [-0.05, 0) is 43.2 Å². The third-order valence-electron chi connectivity index (χ3n) is 6.17. The van der Waals surface area contributed by atoms with E-state index in [9.17, 15) is 18.0 Å². The van der Waals surface area contributed by atoms with Crippen molar-refractivity contribution >= 4 is 5.91 Å². The van der Waals surface area contributed by atoms with Crippen LogP contribution in [0.1, 0.15) is 38.9 Å². The number of alkyl halides is 3. The molecule has 2 aliphatic rings. The predicted molar refractivity (Wildman–Crippen MR) is 108 cm³/mol. The summed E-state index contributed by atoms with van der Waals surface area (Å²) in [7, 11) is 0. The molecule has 4 heterocycles. The molecule has 1 saturated heterocycles. The second-order valence-corrected chi connectivity index (χ2v) is 8.09. The number of aryl methyl sites for hydroxylation is 1. The van der Waals surface area contributed by atoms with Gasteiger partial charge in [0, 0.05) is 18.3 Å². The molecule has 0 unspecified atom stereocenters. The van der Waals surface area contributed by atoms with Gasteiger partial charge in [0.25, 0.3) is 5.91 Å². The fourth-order valence-corrected chi connectivity index (χ4v) is 4.37. The molecule has 10 heteroatoms. The van der Waals surface area contributed by atoms with Gasteiger partial charge in [0.2, 0.25) is 0 Å². The number of amides is 1. The number of morpholine rings is 1. The lowest BCUT2D eigenvalue weighted by Crippen LogP contribution is -2.56. The van der Waals surface area contributed by atoms with E-state index < -0.39 is 17.8 Å². The molecule has 2 aromatic heterocycles. The predicted octanol–water partition coefficient (Wildman–Crippen LogP) is 3.57. The Morgan fingerprint density at radius 1 is 1.16 bits per heavy atom.